The number of para-hydroxylation sites is 1. The quantitative estimate of drug-likeness (QED) is 0.506. The molecule has 1 aromatic carbocycles. The van der Waals surface area contributed by atoms with Gasteiger partial charge in [-0.25, -0.2) is 4.68 Å². The molecule has 1 aliphatic heterocycles. The van der Waals surface area contributed by atoms with Gasteiger partial charge in [-0.1, -0.05) is 31.0 Å². The van der Waals surface area contributed by atoms with Crippen LogP contribution in [0.15, 0.2) is 36.4 Å². The third-order valence-electron chi connectivity index (χ3n) is 6.63. The molecule has 1 N–H and O–H groups in total. The van der Waals surface area contributed by atoms with Crippen LogP contribution in [0.1, 0.15) is 43.7 Å². The minimum absolute atomic E-state index is 0.0750. The number of ether oxygens (including phenoxy) is 1. The van der Waals surface area contributed by atoms with E-state index in [2.05, 4.69) is 19.9 Å². The van der Waals surface area contributed by atoms with Crippen molar-refractivity contribution in [3.63, 3.8) is 0 Å². The number of carbonyl (C=O) groups excluding carboxylic acids is 1. The molecule has 0 spiro atoms. The number of carbonyl (C=O) groups is 1. The number of rotatable bonds is 10. The Morgan fingerprint density at radius 3 is 2.43 bits per heavy atom. The van der Waals surface area contributed by atoms with Crippen molar-refractivity contribution in [1.82, 2.24) is 19.6 Å². The second-order valence-electron chi connectivity index (χ2n) is 9.37. The maximum atomic E-state index is 12.9. The third kappa shape index (κ3) is 7.78. The highest BCUT2D eigenvalue weighted by Crippen LogP contribution is 2.35. The summed E-state index contributed by atoms with van der Waals surface area (Å²) in [6.07, 6.45) is 0.997. The molecule has 10 heteroatoms. The van der Waals surface area contributed by atoms with E-state index in [0.717, 1.165) is 50.4 Å². The highest BCUT2D eigenvalue weighted by Gasteiger charge is 2.27. The first-order chi connectivity index (χ1) is 16.9. The zero-order valence-corrected chi connectivity index (χ0v) is 20.0. The smallest absolute Gasteiger partial charge is 0.372 e. The average Bonchev–Trinajstić information content (AvgIpc) is 3.50. The summed E-state index contributed by atoms with van der Waals surface area (Å²) in [5.74, 6) is 1.07. The summed E-state index contributed by atoms with van der Waals surface area (Å²) in [5.41, 5.74) is 1.95. The van der Waals surface area contributed by atoms with Gasteiger partial charge in [-0.3, -0.25) is 9.69 Å². The van der Waals surface area contributed by atoms with Gasteiger partial charge in [0.15, 0.2) is 0 Å². The Hall–Kier alpha value is -2.43. The molecule has 192 valence electrons. The molecule has 2 heterocycles. The fraction of sp³-hybridized carbons (Fsp3) is 0.600. The molecule has 7 nitrogen and oxygen atoms in total. The Morgan fingerprint density at radius 1 is 1.06 bits per heavy atom. The number of amides is 1. The minimum atomic E-state index is -4.27. The molecule has 2 aliphatic rings. The van der Waals surface area contributed by atoms with E-state index in [-0.39, 0.29) is 12.5 Å². The molecule has 35 heavy (non-hydrogen) atoms. The lowest BCUT2D eigenvalue weighted by molar-refractivity contribution is -0.174. The number of halogens is 3. The zero-order valence-electron chi connectivity index (χ0n) is 20.0. The maximum Gasteiger partial charge on any atom is 0.411 e. The van der Waals surface area contributed by atoms with E-state index in [9.17, 15) is 18.0 Å². The number of hydrogen-bond donors (Lipinski definition) is 1. The fourth-order valence-corrected chi connectivity index (χ4v) is 4.81. The summed E-state index contributed by atoms with van der Waals surface area (Å²) in [7, 11) is 0. The van der Waals surface area contributed by atoms with Crippen molar-refractivity contribution in [3.05, 3.63) is 42.1 Å². The van der Waals surface area contributed by atoms with Gasteiger partial charge in [0.25, 0.3) is 0 Å². The molecular formula is C25H34F3N5O2. The van der Waals surface area contributed by atoms with Gasteiger partial charge in [-0.2, -0.15) is 18.3 Å². The van der Waals surface area contributed by atoms with Crippen LogP contribution in [0.2, 0.25) is 0 Å². The average molecular weight is 494 g/mol. The minimum Gasteiger partial charge on any atom is -0.372 e. The van der Waals surface area contributed by atoms with Gasteiger partial charge in [0.1, 0.15) is 12.4 Å². The molecule has 1 saturated carbocycles. The molecule has 0 radical (unpaired) electrons. The molecule has 4 rings (SSSR count). The monoisotopic (exact) mass is 493 g/mol. The molecule has 1 amide bonds. The molecule has 0 atom stereocenters. The predicted molar refractivity (Wildman–Crippen MR) is 128 cm³/mol. The van der Waals surface area contributed by atoms with Crippen LogP contribution >= 0.6 is 0 Å². The summed E-state index contributed by atoms with van der Waals surface area (Å²) in [5, 5.41) is 7.91. The van der Waals surface area contributed by atoms with Crippen LogP contribution in [-0.2, 0) is 9.53 Å². The topological polar surface area (TPSA) is 62.6 Å². The molecule has 2 fully saturated rings. The molecule has 0 unspecified atom stereocenters. The van der Waals surface area contributed by atoms with Crippen LogP contribution in [0.25, 0.3) is 5.69 Å². The number of aromatic nitrogens is 2. The molecule has 1 aliphatic carbocycles. The van der Waals surface area contributed by atoms with Crippen molar-refractivity contribution in [2.24, 2.45) is 0 Å². The number of anilines is 1. The van der Waals surface area contributed by atoms with E-state index < -0.39 is 12.8 Å². The first kappa shape index (κ1) is 25.7. The van der Waals surface area contributed by atoms with Crippen molar-refractivity contribution in [1.29, 1.82) is 0 Å². The first-order valence-electron chi connectivity index (χ1n) is 12.4. The lowest BCUT2D eigenvalue weighted by Gasteiger charge is -2.34. The Balaban J connectivity index is 1.25. The third-order valence-corrected chi connectivity index (χ3v) is 6.63. The molecule has 1 aromatic heterocycles. The van der Waals surface area contributed by atoms with Gasteiger partial charge in [-0.15, -0.1) is 0 Å². The largest absolute Gasteiger partial charge is 0.411 e. The highest BCUT2D eigenvalue weighted by atomic mass is 19.4. The van der Waals surface area contributed by atoms with Crippen LogP contribution in [0.4, 0.5) is 19.0 Å². The van der Waals surface area contributed by atoms with E-state index in [0.29, 0.717) is 31.2 Å². The Bertz CT molecular complexity index is 936. The Labute approximate surface area is 204 Å². The Morgan fingerprint density at radius 2 is 1.74 bits per heavy atom. The van der Waals surface area contributed by atoms with Crippen LogP contribution in [-0.4, -0.2) is 84.1 Å². The van der Waals surface area contributed by atoms with Crippen LogP contribution in [0.5, 0.6) is 0 Å². The second kappa shape index (κ2) is 12.0. The van der Waals surface area contributed by atoms with Gasteiger partial charge < -0.3 is 15.0 Å². The van der Waals surface area contributed by atoms with Crippen LogP contribution in [0, 0.1) is 0 Å². The standard InChI is InChI=1S/C25H34F3N5O2/c26-25(27,28)19-35-16-6-11-31-12-14-32(15-13-31)18-24(34)29-23-17-22(20-7-4-5-8-20)30-33(23)21-9-2-1-3-10-21/h1-3,9-10,17,20H,4-8,11-16,18-19H2,(H,29,34). The van der Waals surface area contributed by atoms with Gasteiger partial charge in [0.05, 0.1) is 17.9 Å². The summed E-state index contributed by atoms with van der Waals surface area (Å²) in [6, 6.07) is 11.8. The predicted octanol–water partition coefficient (Wildman–Crippen LogP) is 4.06. The van der Waals surface area contributed by atoms with Gasteiger partial charge in [0.2, 0.25) is 5.91 Å². The van der Waals surface area contributed by atoms with Crippen molar-refractivity contribution in [3.8, 4) is 5.69 Å². The normalized spacial score (nSPS) is 18.3. The number of nitrogens with zero attached hydrogens (tertiary/aromatic N) is 4. The van der Waals surface area contributed by atoms with E-state index in [1.165, 1.54) is 12.8 Å². The SMILES string of the molecule is O=C(CN1CCN(CCCOCC(F)(F)F)CC1)Nc1cc(C2CCCC2)nn1-c1ccccc1. The van der Waals surface area contributed by atoms with E-state index >= 15 is 0 Å². The van der Waals surface area contributed by atoms with Gasteiger partial charge >= 0.3 is 6.18 Å². The van der Waals surface area contributed by atoms with Crippen molar-refractivity contribution in [2.75, 3.05) is 57.8 Å². The van der Waals surface area contributed by atoms with Gasteiger partial charge in [-0.05, 0) is 31.4 Å². The number of alkyl halides is 3. The molecular weight excluding hydrogens is 459 g/mol. The molecule has 0 bridgehead atoms. The van der Waals surface area contributed by atoms with Crippen LogP contribution < -0.4 is 5.32 Å². The lowest BCUT2D eigenvalue weighted by Crippen LogP contribution is -2.48. The summed E-state index contributed by atoms with van der Waals surface area (Å²) in [4.78, 5) is 17.2. The summed E-state index contributed by atoms with van der Waals surface area (Å²) in [6.45, 7) is 2.92. The zero-order chi connectivity index (χ0) is 24.7. The summed E-state index contributed by atoms with van der Waals surface area (Å²) >= 11 is 0. The van der Waals surface area contributed by atoms with Crippen molar-refractivity contribution in [2.45, 2.75) is 44.2 Å². The molecule has 1 saturated heterocycles. The van der Waals surface area contributed by atoms with E-state index in [1.54, 1.807) is 0 Å². The lowest BCUT2D eigenvalue weighted by atomic mass is 10.0. The van der Waals surface area contributed by atoms with Crippen molar-refractivity contribution < 1.29 is 22.7 Å². The summed E-state index contributed by atoms with van der Waals surface area (Å²) < 4.78 is 42.9. The number of piperazine rings is 1. The maximum absolute atomic E-state index is 12.9. The molecule has 2 aromatic rings. The van der Waals surface area contributed by atoms with Gasteiger partial charge in [0, 0.05) is 51.3 Å². The van der Waals surface area contributed by atoms with Crippen molar-refractivity contribution >= 4 is 11.7 Å². The number of nitrogens with one attached hydrogen (secondary N) is 1. The van der Waals surface area contributed by atoms with E-state index in [1.807, 2.05) is 41.1 Å². The van der Waals surface area contributed by atoms with E-state index in [4.69, 9.17) is 5.10 Å². The van der Waals surface area contributed by atoms with Crippen LogP contribution in [0.3, 0.4) is 0 Å². The highest BCUT2D eigenvalue weighted by molar-refractivity contribution is 5.91. The Kier molecular flexibility index (Phi) is 8.80. The first-order valence-corrected chi connectivity index (χ1v) is 12.4. The second-order valence-corrected chi connectivity index (χ2v) is 9.37. The number of benzene rings is 1. The fourth-order valence-electron chi connectivity index (χ4n) is 4.81. The number of hydrogen-bond acceptors (Lipinski definition) is 5.